The van der Waals surface area contributed by atoms with E-state index >= 15 is 0 Å². The van der Waals surface area contributed by atoms with Crippen molar-refractivity contribution in [3.63, 3.8) is 0 Å². The van der Waals surface area contributed by atoms with E-state index < -0.39 is 0 Å². The second-order valence-electron chi connectivity index (χ2n) is 4.51. The maximum Gasteiger partial charge on any atom is 0.216 e. The molecular formula is C15H13BrN4OS2. The van der Waals surface area contributed by atoms with Crippen LogP contribution >= 0.6 is 39.5 Å². The van der Waals surface area contributed by atoms with E-state index in [-0.39, 0.29) is 0 Å². The maximum absolute atomic E-state index is 5.50. The highest BCUT2D eigenvalue weighted by Gasteiger charge is 2.08. The lowest BCUT2D eigenvalue weighted by Crippen LogP contribution is -1.95. The van der Waals surface area contributed by atoms with E-state index in [1.54, 1.807) is 22.2 Å². The van der Waals surface area contributed by atoms with Gasteiger partial charge in [0, 0.05) is 0 Å². The largest absolute Gasteiger partial charge is 0.493 e. The Bertz CT molecular complexity index is 883. The first kappa shape index (κ1) is 16.1. The van der Waals surface area contributed by atoms with Crippen molar-refractivity contribution in [2.45, 2.75) is 6.92 Å². The van der Waals surface area contributed by atoms with Gasteiger partial charge >= 0.3 is 0 Å². The Kier molecular flexibility index (Phi) is 5.04. The molecule has 0 spiro atoms. The van der Waals surface area contributed by atoms with Crippen LogP contribution in [0, 0.1) is 4.77 Å². The lowest BCUT2D eigenvalue weighted by Gasteiger charge is -2.05. The predicted octanol–water partition coefficient (Wildman–Crippen LogP) is 4.71. The van der Waals surface area contributed by atoms with Crippen LogP contribution in [0.15, 0.2) is 45.3 Å². The zero-order valence-electron chi connectivity index (χ0n) is 12.2. The number of thiophene rings is 1. The summed E-state index contributed by atoms with van der Waals surface area (Å²) in [6, 6.07) is 9.74. The van der Waals surface area contributed by atoms with Crippen molar-refractivity contribution in [2.75, 3.05) is 6.61 Å². The molecule has 0 amide bonds. The molecule has 3 rings (SSSR count). The van der Waals surface area contributed by atoms with Crippen LogP contribution < -0.4 is 4.74 Å². The van der Waals surface area contributed by atoms with Gasteiger partial charge in [0.1, 0.15) is 5.75 Å². The molecule has 0 atom stereocenters. The smallest absolute Gasteiger partial charge is 0.216 e. The van der Waals surface area contributed by atoms with Gasteiger partial charge < -0.3 is 4.74 Å². The lowest BCUT2D eigenvalue weighted by molar-refractivity contribution is 0.338. The van der Waals surface area contributed by atoms with Gasteiger partial charge in [0.2, 0.25) is 4.77 Å². The molecule has 2 heterocycles. The minimum atomic E-state index is 0.453. The second kappa shape index (κ2) is 7.20. The van der Waals surface area contributed by atoms with Gasteiger partial charge in [0.15, 0.2) is 5.82 Å². The minimum Gasteiger partial charge on any atom is -0.493 e. The fourth-order valence-electron chi connectivity index (χ4n) is 1.96. The van der Waals surface area contributed by atoms with E-state index in [2.05, 4.69) is 31.2 Å². The number of aromatic nitrogens is 3. The molecule has 0 bridgehead atoms. The van der Waals surface area contributed by atoms with Crippen molar-refractivity contribution in [1.29, 1.82) is 0 Å². The van der Waals surface area contributed by atoms with Crippen LogP contribution in [0.2, 0.25) is 0 Å². The number of halogens is 1. The third-order valence-electron chi connectivity index (χ3n) is 2.97. The summed E-state index contributed by atoms with van der Waals surface area (Å²) < 4.78 is 8.46. The second-order valence-corrected chi connectivity index (χ2v) is 6.70. The predicted molar refractivity (Wildman–Crippen MR) is 99.0 cm³/mol. The van der Waals surface area contributed by atoms with Crippen molar-refractivity contribution in [3.8, 4) is 16.5 Å². The SMILES string of the molecule is CCOc1ccc(/C=N\n2c(-c3cccs3)n[nH]c2=S)cc1Br. The third kappa shape index (κ3) is 3.60. The molecule has 1 aromatic carbocycles. The third-order valence-corrected chi connectivity index (χ3v) is 4.72. The van der Waals surface area contributed by atoms with Gasteiger partial charge in [0.25, 0.3) is 0 Å². The Hall–Kier alpha value is -1.77. The molecule has 2 aromatic heterocycles. The number of hydrogen-bond donors (Lipinski definition) is 1. The number of benzene rings is 1. The van der Waals surface area contributed by atoms with Crippen LogP contribution in [0.4, 0.5) is 0 Å². The highest BCUT2D eigenvalue weighted by Crippen LogP contribution is 2.26. The minimum absolute atomic E-state index is 0.453. The number of hydrogen-bond acceptors (Lipinski definition) is 5. The first-order chi connectivity index (χ1) is 11.2. The summed E-state index contributed by atoms with van der Waals surface area (Å²) in [6.07, 6.45) is 1.74. The number of nitrogens with one attached hydrogen (secondary N) is 1. The summed E-state index contributed by atoms with van der Waals surface area (Å²) in [5, 5.41) is 13.5. The van der Waals surface area contributed by atoms with Crippen molar-refractivity contribution >= 4 is 45.7 Å². The van der Waals surface area contributed by atoms with E-state index in [1.165, 1.54) is 0 Å². The average Bonchev–Trinajstić information content (AvgIpc) is 3.17. The molecular weight excluding hydrogens is 396 g/mol. The molecule has 1 N–H and O–H groups in total. The van der Waals surface area contributed by atoms with Gasteiger partial charge in [-0.05, 0) is 70.3 Å². The van der Waals surface area contributed by atoms with Gasteiger partial charge in [0.05, 0.1) is 22.2 Å². The zero-order valence-corrected chi connectivity index (χ0v) is 15.4. The standard InChI is InChI=1S/C15H13BrN4OS2/c1-2-21-12-6-5-10(8-11(12)16)9-17-20-14(18-19-15(20)22)13-4-3-7-23-13/h3-9H,2H2,1H3,(H,19,22)/b17-9-. The van der Waals surface area contributed by atoms with Crippen molar-refractivity contribution in [1.82, 2.24) is 14.9 Å². The first-order valence-corrected chi connectivity index (χ1v) is 8.95. The zero-order chi connectivity index (χ0) is 16.2. The molecule has 118 valence electrons. The molecule has 8 heteroatoms. The number of nitrogens with zero attached hydrogens (tertiary/aromatic N) is 3. The maximum atomic E-state index is 5.50. The van der Waals surface area contributed by atoms with Crippen LogP contribution in [-0.4, -0.2) is 27.7 Å². The monoisotopic (exact) mass is 408 g/mol. The van der Waals surface area contributed by atoms with Crippen LogP contribution in [0.25, 0.3) is 10.7 Å². The molecule has 23 heavy (non-hydrogen) atoms. The summed E-state index contributed by atoms with van der Waals surface area (Å²) in [5.41, 5.74) is 0.931. The number of ether oxygens (including phenoxy) is 1. The van der Waals surface area contributed by atoms with Crippen LogP contribution in [-0.2, 0) is 0 Å². The molecule has 0 saturated carbocycles. The van der Waals surface area contributed by atoms with Crippen LogP contribution in [0.5, 0.6) is 5.75 Å². The quantitative estimate of drug-likeness (QED) is 0.491. The van der Waals surface area contributed by atoms with Crippen molar-refractivity contribution < 1.29 is 4.74 Å². The van der Waals surface area contributed by atoms with Crippen molar-refractivity contribution in [2.24, 2.45) is 5.10 Å². The molecule has 0 unspecified atom stereocenters. The van der Waals surface area contributed by atoms with E-state index in [1.807, 2.05) is 42.6 Å². The van der Waals surface area contributed by atoms with E-state index in [0.29, 0.717) is 17.2 Å². The number of rotatable bonds is 5. The summed E-state index contributed by atoms with van der Waals surface area (Å²) in [7, 11) is 0. The van der Waals surface area contributed by atoms with Gasteiger partial charge in [-0.15, -0.1) is 11.3 Å². The molecule has 0 radical (unpaired) electrons. The molecule has 0 saturated heterocycles. The van der Waals surface area contributed by atoms with Crippen LogP contribution in [0.1, 0.15) is 12.5 Å². The summed E-state index contributed by atoms with van der Waals surface area (Å²) in [5.74, 6) is 1.51. The van der Waals surface area contributed by atoms with Gasteiger partial charge in [-0.3, -0.25) is 0 Å². The Morgan fingerprint density at radius 1 is 1.48 bits per heavy atom. The summed E-state index contributed by atoms with van der Waals surface area (Å²) >= 11 is 10.3. The van der Waals surface area contributed by atoms with E-state index in [4.69, 9.17) is 17.0 Å². The number of H-pyrrole nitrogens is 1. The molecule has 0 aliphatic rings. The highest BCUT2D eigenvalue weighted by atomic mass is 79.9. The fraction of sp³-hybridized carbons (Fsp3) is 0.133. The number of aromatic amines is 1. The molecule has 3 aromatic rings. The summed E-state index contributed by atoms with van der Waals surface area (Å²) in [4.78, 5) is 1.00. The van der Waals surface area contributed by atoms with Gasteiger partial charge in [-0.1, -0.05) is 6.07 Å². The van der Waals surface area contributed by atoms with Crippen LogP contribution in [0.3, 0.4) is 0 Å². The normalized spacial score (nSPS) is 11.2. The topological polar surface area (TPSA) is 55.2 Å². The Labute approximate surface area is 150 Å². The molecule has 0 aliphatic heterocycles. The molecule has 0 fully saturated rings. The Morgan fingerprint density at radius 2 is 2.35 bits per heavy atom. The fourth-order valence-corrected chi connectivity index (χ4v) is 3.35. The lowest BCUT2D eigenvalue weighted by atomic mass is 10.2. The van der Waals surface area contributed by atoms with Gasteiger partial charge in [-0.2, -0.15) is 14.9 Å². The molecule has 5 nitrogen and oxygen atoms in total. The highest BCUT2D eigenvalue weighted by molar-refractivity contribution is 9.10. The Morgan fingerprint density at radius 3 is 3.04 bits per heavy atom. The van der Waals surface area contributed by atoms with E-state index in [9.17, 15) is 0 Å². The summed E-state index contributed by atoms with van der Waals surface area (Å²) in [6.45, 7) is 2.58. The Balaban J connectivity index is 1.91. The van der Waals surface area contributed by atoms with Gasteiger partial charge in [-0.25, -0.2) is 5.10 Å². The van der Waals surface area contributed by atoms with Crippen molar-refractivity contribution in [3.05, 3.63) is 50.5 Å². The van der Waals surface area contributed by atoms with E-state index in [0.717, 1.165) is 20.7 Å². The first-order valence-electron chi connectivity index (χ1n) is 6.87. The molecule has 0 aliphatic carbocycles. The average molecular weight is 409 g/mol.